The lowest BCUT2D eigenvalue weighted by Gasteiger charge is -2.05. The van der Waals surface area contributed by atoms with E-state index < -0.39 is 11.6 Å². The molecule has 0 saturated heterocycles. The van der Waals surface area contributed by atoms with Gasteiger partial charge in [0.05, 0.1) is 0 Å². The second-order valence-electron chi connectivity index (χ2n) is 3.46. The minimum atomic E-state index is -0.527. The lowest BCUT2D eigenvalue weighted by Crippen LogP contribution is -2.16. The van der Waals surface area contributed by atoms with Crippen molar-refractivity contribution in [3.05, 3.63) is 35.4 Å². The monoisotopic (exact) mass is 245 g/mol. The summed E-state index contributed by atoms with van der Waals surface area (Å²) in [6.45, 7) is 3.46. The number of nitrogens with one attached hydrogen (secondary N) is 1. The standard InChI is InChI=1S/C12H17F2NS/c1-2-16-7-3-6-15-9-10-4-5-11(13)8-12(10)14/h4-5,8,15H,2-3,6-7,9H2,1H3. The van der Waals surface area contributed by atoms with Gasteiger partial charge in [0, 0.05) is 18.2 Å². The fourth-order valence-corrected chi connectivity index (χ4v) is 1.97. The fourth-order valence-electron chi connectivity index (χ4n) is 1.33. The molecule has 0 amide bonds. The molecular weight excluding hydrogens is 228 g/mol. The molecule has 0 aliphatic heterocycles. The topological polar surface area (TPSA) is 12.0 Å². The van der Waals surface area contributed by atoms with Gasteiger partial charge in [-0.3, -0.25) is 0 Å². The predicted molar refractivity (Wildman–Crippen MR) is 65.7 cm³/mol. The Bertz CT molecular complexity index is 318. The van der Waals surface area contributed by atoms with Crippen LogP contribution in [0.1, 0.15) is 18.9 Å². The van der Waals surface area contributed by atoms with Crippen LogP contribution in [0.5, 0.6) is 0 Å². The first kappa shape index (κ1) is 13.5. The molecule has 1 aromatic carbocycles. The Morgan fingerprint density at radius 1 is 1.31 bits per heavy atom. The molecule has 0 saturated carbocycles. The average Bonchev–Trinajstić information content (AvgIpc) is 2.26. The van der Waals surface area contributed by atoms with Crippen molar-refractivity contribution in [2.75, 3.05) is 18.1 Å². The van der Waals surface area contributed by atoms with Gasteiger partial charge in [0.15, 0.2) is 0 Å². The summed E-state index contributed by atoms with van der Waals surface area (Å²) in [5, 5.41) is 3.15. The Hall–Kier alpha value is -0.610. The van der Waals surface area contributed by atoms with E-state index in [2.05, 4.69) is 12.2 Å². The van der Waals surface area contributed by atoms with Crippen molar-refractivity contribution in [3.8, 4) is 0 Å². The Morgan fingerprint density at radius 3 is 2.81 bits per heavy atom. The van der Waals surface area contributed by atoms with Crippen LogP contribution in [-0.4, -0.2) is 18.1 Å². The molecule has 0 fully saturated rings. The van der Waals surface area contributed by atoms with E-state index in [0.29, 0.717) is 12.1 Å². The summed E-state index contributed by atoms with van der Waals surface area (Å²) in [4.78, 5) is 0. The summed E-state index contributed by atoms with van der Waals surface area (Å²) in [6, 6.07) is 3.69. The van der Waals surface area contributed by atoms with Crippen LogP contribution in [0.3, 0.4) is 0 Å². The molecule has 1 rings (SSSR count). The van der Waals surface area contributed by atoms with Gasteiger partial charge in [-0.05, 0) is 30.5 Å². The quantitative estimate of drug-likeness (QED) is 0.740. The largest absolute Gasteiger partial charge is 0.313 e. The maximum absolute atomic E-state index is 13.2. The van der Waals surface area contributed by atoms with Crippen LogP contribution in [0.15, 0.2) is 18.2 Å². The summed E-state index contributed by atoms with van der Waals surface area (Å²) >= 11 is 1.90. The molecule has 0 radical (unpaired) electrons. The summed E-state index contributed by atoms with van der Waals surface area (Å²) in [5.74, 6) is 1.25. The number of hydrogen-bond donors (Lipinski definition) is 1. The smallest absolute Gasteiger partial charge is 0.130 e. The van der Waals surface area contributed by atoms with Crippen LogP contribution in [0, 0.1) is 11.6 Å². The van der Waals surface area contributed by atoms with Gasteiger partial charge < -0.3 is 5.32 Å². The highest BCUT2D eigenvalue weighted by Crippen LogP contribution is 2.09. The number of rotatable bonds is 7. The molecule has 0 atom stereocenters. The first-order valence-corrected chi connectivity index (χ1v) is 6.62. The summed E-state index contributed by atoms with van der Waals surface area (Å²) in [6.07, 6.45) is 1.07. The normalized spacial score (nSPS) is 10.7. The average molecular weight is 245 g/mol. The van der Waals surface area contributed by atoms with Crippen LogP contribution in [0.2, 0.25) is 0 Å². The molecule has 0 unspecified atom stereocenters. The van der Waals surface area contributed by atoms with Crippen LogP contribution in [-0.2, 0) is 6.54 Å². The first-order valence-electron chi connectivity index (χ1n) is 5.46. The van der Waals surface area contributed by atoms with Gasteiger partial charge >= 0.3 is 0 Å². The van der Waals surface area contributed by atoms with E-state index in [-0.39, 0.29) is 0 Å². The van der Waals surface area contributed by atoms with Gasteiger partial charge in [-0.25, -0.2) is 8.78 Å². The predicted octanol–water partition coefficient (Wildman–Crippen LogP) is 3.20. The van der Waals surface area contributed by atoms with Gasteiger partial charge in [-0.2, -0.15) is 11.8 Å². The number of halogens is 2. The van der Waals surface area contributed by atoms with Crippen LogP contribution in [0.4, 0.5) is 8.78 Å². The molecule has 1 aromatic rings. The minimum absolute atomic E-state index is 0.461. The van der Waals surface area contributed by atoms with Crippen LogP contribution < -0.4 is 5.32 Å². The van der Waals surface area contributed by atoms with Gasteiger partial charge in [0.25, 0.3) is 0 Å². The zero-order valence-electron chi connectivity index (χ0n) is 9.43. The molecule has 0 aliphatic rings. The lowest BCUT2D eigenvalue weighted by atomic mass is 10.2. The van der Waals surface area contributed by atoms with Gasteiger partial charge in [-0.1, -0.05) is 13.0 Å². The van der Waals surface area contributed by atoms with E-state index in [1.807, 2.05) is 11.8 Å². The highest BCUT2D eigenvalue weighted by molar-refractivity contribution is 7.99. The van der Waals surface area contributed by atoms with E-state index in [0.717, 1.165) is 30.5 Å². The van der Waals surface area contributed by atoms with Crippen LogP contribution in [0.25, 0.3) is 0 Å². The van der Waals surface area contributed by atoms with Crippen molar-refractivity contribution in [1.29, 1.82) is 0 Å². The van der Waals surface area contributed by atoms with Crippen molar-refractivity contribution >= 4 is 11.8 Å². The summed E-state index contributed by atoms with van der Waals surface area (Å²) in [7, 11) is 0. The molecule has 4 heteroatoms. The molecule has 1 N–H and O–H groups in total. The van der Waals surface area contributed by atoms with Crippen LogP contribution >= 0.6 is 11.8 Å². The van der Waals surface area contributed by atoms with Gasteiger partial charge in [0.1, 0.15) is 11.6 Å². The SMILES string of the molecule is CCSCCCNCc1ccc(F)cc1F. The van der Waals surface area contributed by atoms with Gasteiger partial charge in [-0.15, -0.1) is 0 Å². The third-order valence-corrected chi connectivity index (χ3v) is 3.16. The fraction of sp³-hybridized carbons (Fsp3) is 0.500. The first-order chi connectivity index (χ1) is 7.74. The Kier molecular flexibility index (Phi) is 6.42. The highest BCUT2D eigenvalue weighted by Gasteiger charge is 2.02. The number of hydrogen-bond acceptors (Lipinski definition) is 2. The third kappa shape index (κ3) is 4.94. The Labute approximate surface area is 99.6 Å². The van der Waals surface area contributed by atoms with Crippen molar-refractivity contribution in [3.63, 3.8) is 0 Å². The Morgan fingerprint density at radius 2 is 2.12 bits per heavy atom. The maximum Gasteiger partial charge on any atom is 0.130 e. The molecular formula is C12H17F2NS. The van der Waals surface area contributed by atoms with E-state index in [1.165, 1.54) is 12.1 Å². The van der Waals surface area contributed by atoms with E-state index in [1.54, 1.807) is 0 Å². The molecule has 1 nitrogen and oxygen atoms in total. The van der Waals surface area contributed by atoms with E-state index in [9.17, 15) is 8.78 Å². The lowest BCUT2D eigenvalue weighted by molar-refractivity contribution is 0.560. The second kappa shape index (κ2) is 7.63. The van der Waals surface area contributed by atoms with Crippen molar-refractivity contribution < 1.29 is 8.78 Å². The number of thioether (sulfide) groups is 1. The molecule has 0 spiro atoms. The molecule has 16 heavy (non-hydrogen) atoms. The Balaban J connectivity index is 2.21. The van der Waals surface area contributed by atoms with E-state index in [4.69, 9.17) is 0 Å². The third-order valence-electron chi connectivity index (χ3n) is 2.18. The molecule has 0 aliphatic carbocycles. The minimum Gasteiger partial charge on any atom is -0.313 e. The maximum atomic E-state index is 13.2. The van der Waals surface area contributed by atoms with Crippen molar-refractivity contribution in [1.82, 2.24) is 5.32 Å². The van der Waals surface area contributed by atoms with Crippen molar-refractivity contribution in [2.45, 2.75) is 19.9 Å². The zero-order chi connectivity index (χ0) is 11.8. The summed E-state index contributed by atoms with van der Waals surface area (Å²) < 4.78 is 25.8. The second-order valence-corrected chi connectivity index (χ2v) is 4.86. The number of benzene rings is 1. The molecule has 0 heterocycles. The van der Waals surface area contributed by atoms with Gasteiger partial charge in [0.2, 0.25) is 0 Å². The molecule has 0 bridgehead atoms. The summed E-state index contributed by atoms with van der Waals surface area (Å²) in [5.41, 5.74) is 0.518. The molecule has 0 aromatic heterocycles. The molecule has 90 valence electrons. The highest BCUT2D eigenvalue weighted by atomic mass is 32.2. The van der Waals surface area contributed by atoms with E-state index >= 15 is 0 Å². The van der Waals surface area contributed by atoms with Crippen molar-refractivity contribution in [2.24, 2.45) is 0 Å². The zero-order valence-corrected chi connectivity index (χ0v) is 10.2.